The van der Waals surface area contributed by atoms with Gasteiger partial charge in [0, 0.05) is 33.8 Å². The van der Waals surface area contributed by atoms with Crippen LogP contribution in [0.25, 0.3) is 34.1 Å². The van der Waals surface area contributed by atoms with Crippen molar-refractivity contribution in [3.63, 3.8) is 0 Å². The first kappa shape index (κ1) is 41.5. The van der Waals surface area contributed by atoms with Gasteiger partial charge in [-0.3, -0.25) is 0 Å². The summed E-state index contributed by atoms with van der Waals surface area (Å²) in [6.07, 6.45) is 4.32. The minimum absolute atomic E-state index is 0.640. The van der Waals surface area contributed by atoms with Crippen molar-refractivity contribution in [3.05, 3.63) is 204 Å². The molecule has 8 rings (SSSR count). The summed E-state index contributed by atoms with van der Waals surface area (Å²) in [5.74, 6) is 0. The summed E-state index contributed by atoms with van der Waals surface area (Å²) in [5, 5.41) is 24.1. The molecule has 0 atom stereocenters. The lowest BCUT2D eigenvalue weighted by Gasteiger charge is -2.28. The lowest BCUT2D eigenvalue weighted by Crippen LogP contribution is -2.37. The van der Waals surface area contributed by atoms with E-state index in [0.717, 1.165) is 56.2 Å². The molecule has 0 fully saturated rings. The highest BCUT2D eigenvalue weighted by atomic mass is 28.3. The van der Waals surface area contributed by atoms with Crippen molar-refractivity contribution < 1.29 is 0 Å². The third kappa shape index (κ3) is 8.94. The second-order valence-corrected chi connectivity index (χ2v) is 28.0. The zero-order valence-electron chi connectivity index (χ0n) is 36.3. The zero-order valence-corrected chi connectivity index (χ0v) is 38.3. The molecule has 0 radical (unpaired) electrons. The van der Waals surface area contributed by atoms with Gasteiger partial charge in [-0.1, -0.05) is 153 Å². The molecule has 0 spiro atoms. The fraction of sp³-hybridized carbons (Fsp3) is 0.107. The number of hydrogen-bond donors (Lipinski definition) is 0. The summed E-state index contributed by atoms with van der Waals surface area (Å²) in [5.41, 5.74) is 12.1. The Hall–Kier alpha value is -7.23. The quantitative estimate of drug-likeness (QED) is 0.0962. The van der Waals surface area contributed by atoms with Crippen LogP contribution in [0, 0.1) is 22.7 Å². The van der Waals surface area contributed by atoms with Gasteiger partial charge in [-0.25, -0.2) is 0 Å². The molecule has 4 nitrogen and oxygen atoms in total. The molecule has 0 amide bonds. The van der Waals surface area contributed by atoms with Crippen LogP contribution in [-0.4, -0.2) is 16.1 Å². The summed E-state index contributed by atoms with van der Waals surface area (Å²) in [4.78, 5) is 4.55. The molecule has 302 valence electrons. The minimum Gasteiger partial charge on any atom is -0.311 e. The third-order valence-corrected chi connectivity index (χ3v) is 15.6. The van der Waals surface area contributed by atoms with Gasteiger partial charge in [-0.05, 0) is 119 Å². The van der Waals surface area contributed by atoms with Crippen molar-refractivity contribution in [2.75, 3.05) is 9.80 Å². The van der Waals surface area contributed by atoms with Crippen LogP contribution in [0.15, 0.2) is 182 Å². The number of nitriles is 2. The monoisotopic (exact) mass is 834 g/mol. The molecule has 0 aliphatic heterocycles. The van der Waals surface area contributed by atoms with E-state index in [1.165, 1.54) is 21.3 Å². The molecular formula is C56H50N4Si2. The molecule has 0 saturated carbocycles. The van der Waals surface area contributed by atoms with Crippen molar-refractivity contribution in [2.45, 2.75) is 39.3 Å². The Morgan fingerprint density at radius 1 is 0.387 bits per heavy atom. The van der Waals surface area contributed by atoms with Crippen LogP contribution in [-0.2, 0) is 0 Å². The maximum atomic E-state index is 9.54. The van der Waals surface area contributed by atoms with Crippen LogP contribution in [0.1, 0.15) is 22.3 Å². The van der Waals surface area contributed by atoms with E-state index >= 15 is 0 Å². The van der Waals surface area contributed by atoms with Crippen molar-refractivity contribution >= 4 is 83.6 Å². The van der Waals surface area contributed by atoms with Gasteiger partial charge >= 0.3 is 0 Å². The second-order valence-electron chi connectivity index (χ2n) is 17.8. The summed E-state index contributed by atoms with van der Waals surface area (Å²) in [6, 6.07) is 68.6. The number of fused-ring (bicyclic) bond motifs is 1. The highest BCUT2D eigenvalue weighted by molar-refractivity contribution is 6.89. The molecule has 62 heavy (non-hydrogen) atoms. The number of nitrogens with zero attached hydrogens (tertiary/aromatic N) is 4. The highest BCUT2D eigenvalue weighted by Gasteiger charge is 2.21. The molecule has 0 aliphatic rings. The first-order valence-electron chi connectivity index (χ1n) is 21.1. The van der Waals surface area contributed by atoms with E-state index < -0.39 is 16.1 Å². The molecule has 8 aromatic rings. The Morgan fingerprint density at radius 2 is 0.758 bits per heavy atom. The number of anilines is 6. The van der Waals surface area contributed by atoms with E-state index in [0.29, 0.717) is 11.1 Å². The normalized spacial score (nSPS) is 11.6. The molecule has 0 heterocycles. The predicted molar refractivity (Wildman–Crippen MR) is 270 cm³/mol. The molecule has 8 aromatic carbocycles. The van der Waals surface area contributed by atoms with Crippen LogP contribution in [0.2, 0.25) is 39.3 Å². The largest absolute Gasteiger partial charge is 0.311 e. The Labute approximate surface area is 368 Å². The Bertz CT molecular complexity index is 2940. The lowest BCUT2D eigenvalue weighted by molar-refractivity contribution is 1.28. The zero-order chi connectivity index (χ0) is 43.4. The Kier molecular flexibility index (Phi) is 11.6. The van der Waals surface area contributed by atoms with Gasteiger partial charge in [0.1, 0.15) is 0 Å². The fourth-order valence-corrected chi connectivity index (χ4v) is 10.2. The molecule has 6 heteroatoms. The first-order valence-corrected chi connectivity index (χ1v) is 28.1. The molecule has 0 aromatic heterocycles. The van der Waals surface area contributed by atoms with Gasteiger partial charge in [0.2, 0.25) is 0 Å². The van der Waals surface area contributed by atoms with Crippen LogP contribution in [0.3, 0.4) is 0 Å². The van der Waals surface area contributed by atoms with Crippen molar-refractivity contribution in [3.8, 4) is 23.3 Å². The number of benzene rings is 8. The van der Waals surface area contributed by atoms with Gasteiger partial charge < -0.3 is 9.80 Å². The van der Waals surface area contributed by atoms with Crippen molar-refractivity contribution in [1.82, 2.24) is 0 Å². The maximum absolute atomic E-state index is 9.54. The molecule has 0 aliphatic carbocycles. The second kappa shape index (κ2) is 17.4. The predicted octanol–water partition coefficient (Wildman–Crippen LogP) is 14.5. The fourth-order valence-electron chi connectivity index (χ4n) is 7.90. The smallest absolute Gasteiger partial charge is 0.0991 e. The summed E-state index contributed by atoms with van der Waals surface area (Å²) >= 11 is 0. The van der Waals surface area contributed by atoms with Crippen molar-refractivity contribution in [1.29, 1.82) is 10.5 Å². The number of hydrogen-bond acceptors (Lipinski definition) is 4. The maximum Gasteiger partial charge on any atom is 0.0991 e. The molecular weight excluding hydrogens is 785 g/mol. The molecule has 0 N–H and O–H groups in total. The first-order chi connectivity index (χ1) is 29.9. The van der Waals surface area contributed by atoms with Gasteiger partial charge in [0.05, 0.1) is 45.1 Å². The standard InChI is InChI=1S/C56H50N4Si2/c1-61(2,3)51-33-29-48(30-34-51)59(47-25-17-43(39-57)18-26-47)46-23-15-42(16-24-46)12-11-41-13-21-45(22-14-41)53-37-38-56(55-10-8-7-9-54(53)55)60(49-27-19-44(40-58)20-28-49)50-31-35-52(36-32-50)62(4,5)6/h7-38H,1-6H3/b12-11+. The summed E-state index contributed by atoms with van der Waals surface area (Å²) in [7, 11) is -2.92. The van der Waals surface area contributed by atoms with E-state index in [1.54, 1.807) is 0 Å². The lowest BCUT2D eigenvalue weighted by atomic mass is 9.95. The summed E-state index contributed by atoms with van der Waals surface area (Å²) in [6.45, 7) is 14.2. The van der Waals surface area contributed by atoms with Crippen LogP contribution < -0.4 is 20.2 Å². The van der Waals surface area contributed by atoms with E-state index in [2.05, 4.69) is 207 Å². The van der Waals surface area contributed by atoms with Crippen LogP contribution >= 0.6 is 0 Å². The minimum atomic E-state index is -1.48. The third-order valence-electron chi connectivity index (χ3n) is 11.5. The topological polar surface area (TPSA) is 54.1 Å². The van der Waals surface area contributed by atoms with E-state index in [1.807, 2.05) is 48.5 Å². The van der Waals surface area contributed by atoms with Crippen molar-refractivity contribution in [2.24, 2.45) is 0 Å². The summed E-state index contributed by atoms with van der Waals surface area (Å²) < 4.78 is 0. The van der Waals surface area contributed by atoms with Gasteiger partial charge in [0.25, 0.3) is 0 Å². The Morgan fingerprint density at radius 3 is 1.18 bits per heavy atom. The molecule has 0 bridgehead atoms. The van der Waals surface area contributed by atoms with Gasteiger partial charge in [0.15, 0.2) is 0 Å². The van der Waals surface area contributed by atoms with Gasteiger partial charge in [-0.2, -0.15) is 10.5 Å². The molecule has 0 saturated heterocycles. The van der Waals surface area contributed by atoms with Crippen LogP contribution in [0.5, 0.6) is 0 Å². The van der Waals surface area contributed by atoms with Crippen LogP contribution in [0.4, 0.5) is 34.1 Å². The van der Waals surface area contributed by atoms with E-state index in [-0.39, 0.29) is 0 Å². The average molecular weight is 835 g/mol. The SMILES string of the molecule is C[Si](C)(C)c1ccc(N(c2ccc(C#N)cc2)c2ccc(/C=C/c3ccc(-c4ccc(N(c5ccc(C#N)cc5)c5ccc([Si](C)(C)C)cc5)c5ccccc45)cc3)cc2)cc1. The van der Waals surface area contributed by atoms with Gasteiger partial charge in [-0.15, -0.1) is 0 Å². The molecule has 0 unspecified atom stereocenters. The average Bonchev–Trinajstić information content (AvgIpc) is 3.29. The van der Waals surface area contributed by atoms with E-state index in [4.69, 9.17) is 0 Å². The highest BCUT2D eigenvalue weighted by Crippen LogP contribution is 2.42. The van der Waals surface area contributed by atoms with E-state index in [9.17, 15) is 10.5 Å². The number of rotatable bonds is 11. The Balaban J connectivity index is 1.06.